The van der Waals surface area contributed by atoms with Crippen LogP contribution >= 0.6 is 0 Å². The number of aliphatic hydroxyl groups is 2. The normalized spacial score (nSPS) is 20.5. The van der Waals surface area contributed by atoms with Crippen LogP contribution in [0.1, 0.15) is 51.9 Å². The molecule has 0 aromatic carbocycles. The standard InChI is InChI=1S/C14H29NO2/c1-2-9-15(10-11-16)12-14(13-17)7-5-3-4-6-8-14/h16-17H,2-13H2,1H3. The molecule has 0 bridgehead atoms. The Morgan fingerprint density at radius 1 is 1.00 bits per heavy atom. The predicted molar refractivity (Wildman–Crippen MR) is 71.0 cm³/mol. The summed E-state index contributed by atoms with van der Waals surface area (Å²) in [6, 6.07) is 0. The van der Waals surface area contributed by atoms with Crippen molar-refractivity contribution in [3.8, 4) is 0 Å². The third kappa shape index (κ3) is 4.94. The SMILES string of the molecule is CCCN(CCO)CC1(CO)CCCCCC1. The number of aliphatic hydroxyl groups excluding tert-OH is 2. The molecule has 0 aromatic heterocycles. The van der Waals surface area contributed by atoms with Gasteiger partial charge in [0.1, 0.15) is 0 Å². The van der Waals surface area contributed by atoms with Crippen LogP contribution in [0.3, 0.4) is 0 Å². The Hall–Kier alpha value is -0.120. The summed E-state index contributed by atoms with van der Waals surface area (Å²) in [7, 11) is 0. The van der Waals surface area contributed by atoms with E-state index in [-0.39, 0.29) is 12.0 Å². The Bertz CT molecular complexity index is 183. The third-order valence-electron chi connectivity index (χ3n) is 4.01. The van der Waals surface area contributed by atoms with Crippen molar-refractivity contribution in [3.63, 3.8) is 0 Å². The zero-order chi connectivity index (χ0) is 12.6. The van der Waals surface area contributed by atoms with Gasteiger partial charge in [-0.25, -0.2) is 0 Å². The van der Waals surface area contributed by atoms with Crippen LogP contribution in [0.25, 0.3) is 0 Å². The molecule has 0 aromatic rings. The Labute approximate surface area is 106 Å². The van der Waals surface area contributed by atoms with Gasteiger partial charge in [-0.2, -0.15) is 0 Å². The molecular weight excluding hydrogens is 214 g/mol. The van der Waals surface area contributed by atoms with Crippen molar-refractivity contribution in [1.82, 2.24) is 4.90 Å². The van der Waals surface area contributed by atoms with Crippen LogP contribution in [-0.2, 0) is 0 Å². The smallest absolute Gasteiger partial charge is 0.0558 e. The summed E-state index contributed by atoms with van der Waals surface area (Å²) in [5.74, 6) is 0. The van der Waals surface area contributed by atoms with Crippen molar-refractivity contribution in [2.24, 2.45) is 5.41 Å². The second-order valence-corrected chi connectivity index (χ2v) is 5.57. The highest BCUT2D eigenvalue weighted by Crippen LogP contribution is 2.35. The van der Waals surface area contributed by atoms with Gasteiger partial charge >= 0.3 is 0 Å². The van der Waals surface area contributed by atoms with Gasteiger partial charge in [-0.3, -0.25) is 0 Å². The highest BCUT2D eigenvalue weighted by Gasteiger charge is 2.31. The lowest BCUT2D eigenvalue weighted by atomic mass is 9.80. The summed E-state index contributed by atoms with van der Waals surface area (Å²) in [4.78, 5) is 2.32. The van der Waals surface area contributed by atoms with Crippen LogP contribution in [0.5, 0.6) is 0 Å². The van der Waals surface area contributed by atoms with Crippen molar-refractivity contribution in [1.29, 1.82) is 0 Å². The van der Waals surface area contributed by atoms with Crippen LogP contribution in [0, 0.1) is 5.41 Å². The van der Waals surface area contributed by atoms with Crippen LogP contribution in [0.2, 0.25) is 0 Å². The van der Waals surface area contributed by atoms with E-state index in [1.807, 2.05) is 0 Å². The van der Waals surface area contributed by atoms with Crippen molar-refractivity contribution in [2.45, 2.75) is 51.9 Å². The molecule has 1 aliphatic carbocycles. The molecule has 0 spiro atoms. The summed E-state index contributed by atoms with van der Waals surface area (Å²) in [5, 5.41) is 18.9. The minimum atomic E-state index is 0.0981. The molecule has 0 radical (unpaired) electrons. The molecule has 0 amide bonds. The summed E-state index contributed by atoms with van der Waals surface area (Å²) < 4.78 is 0. The predicted octanol–water partition coefficient (Wildman–Crippen LogP) is 2.02. The molecule has 1 aliphatic rings. The Kier molecular flexibility index (Phi) is 7.09. The van der Waals surface area contributed by atoms with Gasteiger partial charge in [-0.15, -0.1) is 0 Å². The number of hydrogen-bond acceptors (Lipinski definition) is 3. The molecule has 0 atom stereocenters. The molecule has 1 saturated carbocycles. The fourth-order valence-corrected chi connectivity index (χ4v) is 3.05. The topological polar surface area (TPSA) is 43.7 Å². The molecule has 102 valence electrons. The molecule has 1 rings (SSSR count). The van der Waals surface area contributed by atoms with E-state index in [1.54, 1.807) is 0 Å². The summed E-state index contributed by atoms with van der Waals surface area (Å²) >= 11 is 0. The van der Waals surface area contributed by atoms with E-state index >= 15 is 0 Å². The highest BCUT2D eigenvalue weighted by atomic mass is 16.3. The van der Waals surface area contributed by atoms with E-state index in [0.29, 0.717) is 6.61 Å². The van der Waals surface area contributed by atoms with Crippen LogP contribution in [-0.4, -0.2) is 48.0 Å². The van der Waals surface area contributed by atoms with E-state index in [4.69, 9.17) is 5.11 Å². The lowest BCUT2D eigenvalue weighted by molar-refractivity contribution is 0.0523. The highest BCUT2D eigenvalue weighted by molar-refractivity contribution is 4.84. The van der Waals surface area contributed by atoms with E-state index in [0.717, 1.165) is 38.9 Å². The van der Waals surface area contributed by atoms with Crippen molar-refractivity contribution >= 4 is 0 Å². The molecule has 0 saturated heterocycles. The average molecular weight is 243 g/mol. The third-order valence-corrected chi connectivity index (χ3v) is 4.01. The Balaban J connectivity index is 2.56. The molecule has 0 aliphatic heterocycles. The first-order valence-corrected chi connectivity index (χ1v) is 7.20. The molecule has 17 heavy (non-hydrogen) atoms. The first-order chi connectivity index (χ1) is 8.26. The zero-order valence-electron chi connectivity index (χ0n) is 11.3. The summed E-state index contributed by atoms with van der Waals surface area (Å²) in [6.45, 7) is 5.43. The number of rotatable bonds is 7. The fraction of sp³-hybridized carbons (Fsp3) is 1.00. The van der Waals surface area contributed by atoms with E-state index in [1.165, 1.54) is 25.7 Å². The Morgan fingerprint density at radius 2 is 1.65 bits per heavy atom. The fourth-order valence-electron chi connectivity index (χ4n) is 3.05. The average Bonchev–Trinajstić information content (AvgIpc) is 2.56. The van der Waals surface area contributed by atoms with Gasteiger partial charge in [0.25, 0.3) is 0 Å². The van der Waals surface area contributed by atoms with E-state index in [9.17, 15) is 5.11 Å². The largest absolute Gasteiger partial charge is 0.396 e. The number of hydrogen-bond donors (Lipinski definition) is 2. The minimum absolute atomic E-state index is 0.0981. The number of nitrogens with zero attached hydrogens (tertiary/aromatic N) is 1. The van der Waals surface area contributed by atoms with Gasteiger partial charge in [0.2, 0.25) is 0 Å². The molecule has 3 nitrogen and oxygen atoms in total. The van der Waals surface area contributed by atoms with E-state index < -0.39 is 0 Å². The molecule has 0 heterocycles. The maximum Gasteiger partial charge on any atom is 0.0558 e. The molecule has 1 fully saturated rings. The lowest BCUT2D eigenvalue weighted by Gasteiger charge is -2.36. The van der Waals surface area contributed by atoms with Crippen molar-refractivity contribution in [3.05, 3.63) is 0 Å². The lowest BCUT2D eigenvalue weighted by Crippen LogP contribution is -2.41. The van der Waals surface area contributed by atoms with Gasteiger partial charge in [-0.1, -0.05) is 32.6 Å². The van der Waals surface area contributed by atoms with Gasteiger partial charge in [0.15, 0.2) is 0 Å². The van der Waals surface area contributed by atoms with Gasteiger partial charge in [0.05, 0.1) is 6.61 Å². The van der Waals surface area contributed by atoms with Crippen LogP contribution in [0.4, 0.5) is 0 Å². The molecular formula is C14H29NO2. The first kappa shape index (κ1) is 14.9. The van der Waals surface area contributed by atoms with E-state index in [2.05, 4.69) is 11.8 Å². The quantitative estimate of drug-likeness (QED) is 0.672. The second kappa shape index (κ2) is 8.06. The maximum absolute atomic E-state index is 9.76. The zero-order valence-corrected chi connectivity index (χ0v) is 11.3. The molecule has 0 unspecified atom stereocenters. The summed E-state index contributed by atoms with van der Waals surface area (Å²) in [5.41, 5.74) is 0.0981. The van der Waals surface area contributed by atoms with Gasteiger partial charge in [-0.05, 0) is 25.8 Å². The van der Waals surface area contributed by atoms with Crippen LogP contribution in [0.15, 0.2) is 0 Å². The van der Waals surface area contributed by atoms with Crippen LogP contribution < -0.4 is 0 Å². The second-order valence-electron chi connectivity index (χ2n) is 5.57. The Morgan fingerprint density at radius 3 is 2.12 bits per heavy atom. The minimum Gasteiger partial charge on any atom is -0.396 e. The monoisotopic (exact) mass is 243 g/mol. The first-order valence-electron chi connectivity index (χ1n) is 7.20. The van der Waals surface area contributed by atoms with Crippen molar-refractivity contribution < 1.29 is 10.2 Å². The van der Waals surface area contributed by atoms with Crippen molar-refractivity contribution in [2.75, 3.05) is 32.8 Å². The van der Waals surface area contributed by atoms with Gasteiger partial charge < -0.3 is 15.1 Å². The maximum atomic E-state index is 9.76. The molecule has 3 heteroatoms. The van der Waals surface area contributed by atoms with Gasteiger partial charge in [0, 0.05) is 25.1 Å². The molecule has 2 N–H and O–H groups in total. The summed E-state index contributed by atoms with van der Waals surface area (Å²) in [6.07, 6.45) is 8.54.